The molecule has 0 aromatic carbocycles. The molecule has 1 aliphatic heterocycles. The first kappa shape index (κ1) is 11.3. The van der Waals surface area contributed by atoms with E-state index in [9.17, 15) is 9.90 Å². The number of aliphatic hydroxyl groups is 1. The Kier molecular flexibility index (Phi) is 2.54. The molecule has 1 saturated heterocycles. The zero-order valence-electron chi connectivity index (χ0n) is 10.3. The summed E-state index contributed by atoms with van der Waals surface area (Å²) in [6.07, 6.45) is 7.55. The van der Waals surface area contributed by atoms with Crippen LogP contribution >= 0.6 is 0 Å². The van der Waals surface area contributed by atoms with E-state index in [1.54, 1.807) is 0 Å². The second kappa shape index (κ2) is 3.84. The van der Waals surface area contributed by atoms with Crippen molar-refractivity contribution in [3.8, 4) is 0 Å². The van der Waals surface area contributed by atoms with E-state index in [0.29, 0.717) is 24.4 Å². The third kappa shape index (κ3) is 1.48. The summed E-state index contributed by atoms with van der Waals surface area (Å²) in [4.78, 5) is 12.0. The van der Waals surface area contributed by atoms with Gasteiger partial charge in [-0.3, -0.25) is 4.79 Å². The van der Waals surface area contributed by atoms with Crippen molar-refractivity contribution >= 4 is 5.97 Å². The maximum atomic E-state index is 12.0. The number of carbonyl (C=O) groups is 1. The molecule has 1 saturated carbocycles. The molecule has 3 aliphatic rings. The number of hydrogen-bond acceptors (Lipinski definition) is 3. The fraction of sp³-hybridized carbons (Fsp3) is 0.786. The largest absolute Gasteiger partial charge is 0.465 e. The summed E-state index contributed by atoms with van der Waals surface area (Å²) in [5.74, 6) is 1.53. The van der Waals surface area contributed by atoms with Gasteiger partial charge in [-0.15, -0.1) is 0 Å². The molecule has 1 heterocycles. The van der Waals surface area contributed by atoms with Crippen molar-refractivity contribution in [1.29, 1.82) is 0 Å². The maximum Gasteiger partial charge on any atom is 0.312 e. The molecule has 3 nitrogen and oxygen atoms in total. The molecule has 3 heteroatoms. The molecule has 17 heavy (non-hydrogen) atoms. The van der Waals surface area contributed by atoms with Crippen molar-refractivity contribution in [3.05, 3.63) is 12.2 Å². The lowest BCUT2D eigenvalue weighted by Gasteiger charge is -2.45. The van der Waals surface area contributed by atoms with Crippen LogP contribution in [0, 0.1) is 29.1 Å². The van der Waals surface area contributed by atoms with Crippen LogP contribution in [0.3, 0.4) is 0 Å². The normalized spacial score (nSPS) is 48.5. The molecule has 0 aromatic heterocycles. The number of aliphatic hydroxyl groups excluding tert-OH is 1. The van der Waals surface area contributed by atoms with Gasteiger partial charge in [0.05, 0.1) is 12.0 Å². The fourth-order valence-electron chi connectivity index (χ4n) is 4.02. The Bertz CT molecular complexity index is 362. The molecule has 3 rings (SSSR count). The lowest BCUT2D eigenvalue weighted by atomic mass is 9.56. The molecular weight excluding hydrogens is 216 g/mol. The first-order valence-electron chi connectivity index (χ1n) is 6.62. The third-order valence-corrected chi connectivity index (χ3v) is 5.23. The number of esters is 1. The van der Waals surface area contributed by atoms with Gasteiger partial charge in [-0.25, -0.2) is 0 Å². The summed E-state index contributed by atoms with van der Waals surface area (Å²) in [5, 5.41) is 9.27. The van der Waals surface area contributed by atoms with E-state index >= 15 is 0 Å². The summed E-state index contributed by atoms with van der Waals surface area (Å²) >= 11 is 0. The summed E-state index contributed by atoms with van der Waals surface area (Å²) in [6, 6.07) is 0. The molecule has 2 aliphatic carbocycles. The van der Waals surface area contributed by atoms with E-state index < -0.39 is 0 Å². The summed E-state index contributed by atoms with van der Waals surface area (Å²) < 4.78 is 5.27. The lowest BCUT2D eigenvalue weighted by Crippen LogP contribution is -2.45. The Balaban J connectivity index is 1.90. The minimum absolute atomic E-state index is 0.00991. The van der Waals surface area contributed by atoms with Crippen LogP contribution in [0.2, 0.25) is 0 Å². The second-order valence-corrected chi connectivity index (χ2v) is 6.00. The van der Waals surface area contributed by atoms with Gasteiger partial charge in [0.1, 0.15) is 0 Å². The Morgan fingerprint density at radius 2 is 2.29 bits per heavy atom. The summed E-state index contributed by atoms with van der Waals surface area (Å²) in [7, 11) is 0. The first-order chi connectivity index (χ1) is 8.16. The number of allylic oxidation sites excluding steroid dienone is 1. The molecule has 2 fully saturated rings. The van der Waals surface area contributed by atoms with Gasteiger partial charge in [-0.05, 0) is 43.9 Å². The summed E-state index contributed by atoms with van der Waals surface area (Å²) in [6.45, 7) is 2.91. The summed E-state index contributed by atoms with van der Waals surface area (Å²) in [5.41, 5.74) is -0.306. The van der Waals surface area contributed by atoms with Crippen LogP contribution in [-0.4, -0.2) is 24.3 Å². The number of cyclic esters (lactones) is 1. The predicted molar refractivity (Wildman–Crippen MR) is 63.1 cm³/mol. The van der Waals surface area contributed by atoms with Crippen LogP contribution in [0.15, 0.2) is 12.2 Å². The quantitative estimate of drug-likeness (QED) is 0.557. The highest BCUT2D eigenvalue weighted by Crippen LogP contribution is 2.54. The molecule has 0 amide bonds. The van der Waals surface area contributed by atoms with Crippen LogP contribution < -0.4 is 0 Å². The number of carbonyl (C=O) groups excluding carboxylic acids is 1. The first-order valence-corrected chi connectivity index (χ1v) is 6.62. The molecule has 0 unspecified atom stereocenters. The van der Waals surface area contributed by atoms with E-state index in [2.05, 4.69) is 19.1 Å². The van der Waals surface area contributed by atoms with Gasteiger partial charge in [-0.2, -0.15) is 0 Å². The van der Waals surface area contributed by atoms with Crippen molar-refractivity contribution in [1.82, 2.24) is 0 Å². The van der Waals surface area contributed by atoms with Crippen molar-refractivity contribution in [2.24, 2.45) is 29.1 Å². The van der Waals surface area contributed by atoms with Gasteiger partial charge < -0.3 is 9.84 Å². The van der Waals surface area contributed by atoms with E-state index in [4.69, 9.17) is 4.74 Å². The number of ether oxygens (including phenoxy) is 1. The fourth-order valence-corrected chi connectivity index (χ4v) is 4.02. The molecular formula is C14H20O3. The highest BCUT2D eigenvalue weighted by atomic mass is 16.5. The Hall–Kier alpha value is -0.830. The van der Waals surface area contributed by atoms with Gasteiger partial charge in [0.2, 0.25) is 0 Å². The lowest BCUT2D eigenvalue weighted by molar-refractivity contribution is -0.150. The van der Waals surface area contributed by atoms with Crippen molar-refractivity contribution in [2.45, 2.75) is 26.2 Å². The molecule has 94 valence electrons. The molecule has 5 atom stereocenters. The Morgan fingerprint density at radius 3 is 3.06 bits per heavy atom. The standard InChI is InChI=1S/C14H20O3/c1-14-11(8-17-13(14)16)4-3-10-6-9(7-15)2-5-12(10)14/h3-4,9-12,15H,2,5-8H2,1H3/t9-,10-,11+,12-,14-/m1/s1. The average Bonchev–Trinajstić information content (AvgIpc) is 2.65. The highest BCUT2D eigenvalue weighted by molar-refractivity contribution is 5.80. The minimum atomic E-state index is -0.306. The van der Waals surface area contributed by atoms with Crippen LogP contribution in [0.5, 0.6) is 0 Å². The molecule has 0 bridgehead atoms. The monoisotopic (exact) mass is 236 g/mol. The van der Waals surface area contributed by atoms with Gasteiger partial charge >= 0.3 is 5.97 Å². The zero-order valence-corrected chi connectivity index (χ0v) is 10.3. The van der Waals surface area contributed by atoms with Crippen LogP contribution in [-0.2, 0) is 9.53 Å². The average molecular weight is 236 g/mol. The molecule has 0 radical (unpaired) electrons. The van der Waals surface area contributed by atoms with Crippen molar-refractivity contribution < 1.29 is 14.6 Å². The SMILES string of the molecule is C[C@@]12C(=O)OC[C@@H]1C=C[C@@H]1C[C@H](CO)CC[C@H]12. The number of rotatable bonds is 1. The minimum Gasteiger partial charge on any atom is -0.465 e. The molecule has 0 aromatic rings. The topological polar surface area (TPSA) is 46.5 Å². The number of hydrogen-bond donors (Lipinski definition) is 1. The zero-order chi connectivity index (χ0) is 12.0. The third-order valence-electron chi connectivity index (χ3n) is 5.23. The van der Waals surface area contributed by atoms with E-state index in [-0.39, 0.29) is 23.9 Å². The number of fused-ring (bicyclic) bond motifs is 3. The molecule has 1 N–H and O–H groups in total. The van der Waals surface area contributed by atoms with Crippen LogP contribution in [0.25, 0.3) is 0 Å². The molecule has 0 spiro atoms. The Morgan fingerprint density at radius 1 is 1.47 bits per heavy atom. The van der Waals surface area contributed by atoms with Crippen LogP contribution in [0.1, 0.15) is 26.2 Å². The van der Waals surface area contributed by atoms with Crippen molar-refractivity contribution in [3.63, 3.8) is 0 Å². The van der Waals surface area contributed by atoms with Gasteiger partial charge in [0.25, 0.3) is 0 Å². The highest BCUT2D eigenvalue weighted by Gasteiger charge is 2.56. The maximum absolute atomic E-state index is 12.0. The van der Waals surface area contributed by atoms with Crippen LogP contribution in [0.4, 0.5) is 0 Å². The Labute approximate surface area is 102 Å². The smallest absolute Gasteiger partial charge is 0.312 e. The second-order valence-electron chi connectivity index (χ2n) is 6.00. The van der Waals surface area contributed by atoms with Crippen molar-refractivity contribution in [2.75, 3.05) is 13.2 Å². The van der Waals surface area contributed by atoms with E-state index in [0.717, 1.165) is 19.3 Å². The van der Waals surface area contributed by atoms with Gasteiger partial charge in [0.15, 0.2) is 0 Å². The van der Waals surface area contributed by atoms with E-state index in [1.165, 1.54) is 0 Å². The van der Waals surface area contributed by atoms with E-state index in [1.807, 2.05) is 0 Å². The van der Waals surface area contributed by atoms with Gasteiger partial charge in [0, 0.05) is 12.5 Å². The predicted octanol–water partition coefficient (Wildman–Crippen LogP) is 1.76. The van der Waals surface area contributed by atoms with Gasteiger partial charge in [-0.1, -0.05) is 12.2 Å².